The number of likely N-dealkylation sites (N-methyl/N-ethyl adjacent to an activating group) is 1. The molecule has 2 aromatic carbocycles. The second-order valence-electron chi connectivity index (χ2n) is 7.61. The van der Waals surface area contributed by atoms with Crippen LogP contribution < -0.4 is 14.4 Å². The molecule has 168 valence electrons. The van der Waals surface area contributed by atoms with Gasteiger partial charge in [0.25, 0.3) is 11.8 Å². The molecule has 0 N–H and O–H groups in total. The SMILES string of the molecule is CCN1CCN(C2=C(c3ccccc3OC)C(=O)N(c3ccc(OC)c(Cl)c3)C2=O)CC1. The van der Waals surface area contributed by atoms with E-state index in [-0.39, 0.29) is 5.91 Å². The molecule has 2 heterocycles. The third-order valence-corrected chi connectivity index (χ3v) is 6.26. The highest BCUT2D eigenvalue weighted by Crippen LogP contribution is 2.40. The molecule has 2 aliphatic heterocycles. The van der Waals surface area contributed by atoms with Gasteiger partial charge in [0.05, 0.1) is 30.5 Å². The number of methoxy groups -OCH3 is 2. The minimum absolute atomic E-state index is 0.328. The minimum atomic E-state index is -0.395. The fourth-order valence-corrected chi connectivity index (χ4v) is 4.47. The first-order chi connectivity index (χ1) is 15.5. The largest absolute Gasteiger partial charge is 0.496 e. The van der Waals surface area contributed by atoms with E-state index in [0.717, 1.165) is 19.6 Å². The average molecular weight is 456 g/mol. The zero-order chi connectivity index (χ0) is 22.8. The lowest BCUT2D eigenvalue weighted by Gasteiger charge is -2.36. The maximum Gasteiger partial charge on any atom is 0.282 e. The van der Waals surface area contributed by atoms with Crippen molar-refractivity contribution in [3.05, 3.63) is 58.7 Å². The molecule has 7 nitrogen and oxygen atoms in total. The Labute approximate surface area is 192 Å². The molecule has 0 saturated carbocycles. The Balaban J connectivity index is 1.81. The van der Waals surface area contributed by atoms with Crippen molar-refractivity contribution in [1.29, 1.82) is 0 Å². The number of piperazine rings is 1. The summed E-state index contributed by atoms with van der Waals surface area (Å²) < 4.78 is 10.7. The Bertz CT molecular complexity index is 1080. The minimum Gasteiger partial charge on any atom is -0.496 e. The Morgan fingerprint density at radius 2 is 1.59 bits per heavy atom. The van der Waals surface area contributed by atoms with Gasteiger partial charge in [0.15, 0.2) is 0 Å². The van der Waals surface area contributed by atoms with Crippen molar-refractivity contribution >= 4 is 34.7 Å². The van der Waals surface area contributed by atoms with Crippen molar-refractivity contribution in [2.45, 2.75) is 6.92 Å². The Morgan fingerprint density at radius 3 is 2.22 bits per heavy atom. The monoisotopic (exact) mass is 455 g/mol. The lowest BCUT2D eigenvalue weighted by molar-refractivity contribution is -0.120. The van der Waals surface area contributed by atoms with Crippen molar-refractivity contribution in [2.24, 2.45) is 0 Å². The first kappa shape index (κ1) is 22.2. The van der Waals surface area contributed by atoms with Crippen LogP contribution in [0, 0.1) is 0 Å². The summed E-state index contributed by atoms with van der Waals surface area (Å²) in [5.41, 5.74) is 1.76. The number of carbonyl (C=O) groups is 2. The van der Waals surface area contributed by atoms with Gasteiger partial charge in [-0.3, -0.25) is 9.59 Å². The highest BCUT2D eigenvalue weighted by molar-refractivity contribution is 6.46. The van der Waals surface area contributed by atoms with Crippen LogP contribution in [0.25, 0.3) is 5.57 Å². The molecule has 8 heteroatoms. The normalized spacial score (nSPS) is 17.4. The van der Waals surface area contributed by atoms with Gasteiger partial charge in [0.2, 0.25) is 0 Å². The molecule has 0 aliphatic carbocycles. The van der Waals surface area contributed by atoms with E-state index in [1.54, 1.807) is 31.4 Å². The number of imide groups is 1. The van der Waals surface area contributed by atoms with Crippen LogP contribution in [0.2, 0.25) is 5.02 Å². The average Bonchev–Trinajstić information content (AvgIpc) is 3.08. The van der Waals surface area contributed by atoms with Crippen LogP contribution in [0.15, 0.2) is 48.2 Å². The van der Waals surface area contributed by atoms with Crippen LogP contribution in [0.3, 0.4) is 0 Å². The Kier molecular flexibility index (Phi) is 6.39. The zero-order valence-electron chi connectivity index (χ0n) is 18.4. The maximum atomic E-state index is 13.7. The molecule has 4 rings (SSSR count). The summed E-state index contributed by atoms with van der Waals surface area (Å²) in [6.45, 7) is 6.06. The maximum absolute atomic E-state index is 13.7. The van der Waals surface area contributed by atoms with Gasteiger partial charge in [-0.05, 0) is 30.8 Å². The number of hydrogen-bond acceptors (Lipinski definition) is 6. The number of carbonyl (C=O) groups excluding carboxylic acids is 2. The molecular weight excluding hydrogens is 430 g/mol. The van der Waals surface area contributed by atoms with E-state index < -0.39 is 5.91 Å². The molecule has 0 spiro atoms. The van der Waals surface area contributed by atoms with Crippen LogP contribution in [0.4, 0.5) is 5.69 Å². The number of benzene rings is 2. The standard InChI is InChI=1S/C24H26ClN3O4/c1-4-26-11-13-27(14-12-26)22-21(17-7-5-6-8-19(17)31-2)23(29)28(24(22)30)16-9-10-20(32-3)18(25)15-16/h5-10,15H,4,11-14H2,1-3H3. The first-order valence-corrected chi connectivity index (χ1v) is 10.9. The summed E-state index contributed by atoms with van der Waals surface area (Å²) in [7, 11) is 3.07. The van der Waals surface area contributed by atoms with Crippen LogP contribution in [-0.4, -0.2) is 68.6 Å². The van der Waals surface area contributed by atoms with E-state index in [2.05, 4.69) is 11.8 Å². The van der Waals surface area contributed by atoms with Gasteiger partial charge in [0, 0.05) is 31.7 Å². The third-order valence-electron chi connectivity index (χ3n) is 5.97. The summed E-state index contributed by atoms with van der Waals surface area (Å²) in [4.78, 5) is 32.9. The van der Waals surface area contributed by atoms with Crippen LogP contribution in [-0.2, 0) is 9.59 Å². The van der Waals surface area contributed by atoms with Gasteiger partial charge in [-0.15, -0.1) is 0 Å². The smallest absolute Gasteiger partial charge is 0.282 e. The molecular formula is C24H26ClN3O4. The molecule has 0 bridgehead atoms. The van der Waals surface area contributed by atoms with Gasteiger partial charge < -0.3 is 19.3 Å². The van der Waals surface area contributed by atoms with E-state index in [9.17, 15) is 9.59 Å². The third kappa shape index (κ3) is 3.82. The van der Waals surface area contributed by atoms with E-state index in [0.29, 0.717) is 52.1 Å². The molecule has 0 radical (unpaired) electrons. The van der Waals surface area contributed by atoms with Gasteiger partial charge in [-0.2, -0.15) is 0 Å². The quantitative estimate of drug-likeness (QED) is 0.623. The van der Waals surface area contributed by atoms with Crippen LogP contribution >= 0.6 is 11.6 Å². The molecule has 2 aromatic rings. The number of para-hydroxylation sites is 1. The lowest BCUT2D eigenvalue weighted by atomic mass is 10.0. The molecule has 2 aliphatic rings. The first-order valence-electron chi connectivity index (χ1n) is 10.6. The molecule has 1 fully saturated rings. The molecule has 32 heavy (non-hydrogen) atoms. The highest BCUT2D eigenvalue weighted by Gasteiger charge is 2.44. The number of amides is 2. The van der Waals surface area contributed by atoms with Gasteiger partial charge in [0.1, 0.15) is 17.2 Å². The lowest BCUT2D eigenvalue weighted by Crippen LogP contribution is -2.47. The molecule has 1 saturated heterocycles. The predicted molar refractivity (Wildman–Crippen MR) is 124 cm³/mol. The van der Waals surface area contributed by atoms with Crippen molar-refractivity contribution in [1.82, 2.24) is 9.80 Å². The second-order valence-corrected chi connectivity index (χ2v) is 8.02. The summed E-state index contributed by atoms with van der Waals surface area (Å²) in [5, 5.41) is 0.328. The van der Waals surface area contributed by atoms with Crippen molar-refractivity contribution in [2.75, 3.05) is 51.8 Å². The van der Waals surface area contributed by atoms with E-state index in [1.807, 2.05) is 23.1 Å². The number of hydrogen-bond donors (Lipinski definition) is 0. The predicted octanol–water partition coefficient (Wildman–Crippen LogP) is 3.28. The van der Waals surface area contributed by atoms with E-state index >= 15 is 0 Å². The number of rotatable bonds is 6. The number of anilines is 1. The van der Waals surface area contributed by atoms with Gasteiger partial charge >= 0.3 is 0 Å². The van der Waals surface area contributed by atoms with Crippen LogP contribution in [0.5, 0.6) is 11.5 Å². The Hall–Kier alpha value is -3.03. The molecule has 0 aromatic heterocycles. The summed E-state index contributed by atoms with van der Waals surface area (Å²) in [6, 6.07) is 12.2. The molecule has 0 unspecified atom stereocenters. The van der Waals surface area contributed by atoms with Gasteiger partial charge in [-0.25, -0.2) is 4.90 Å². The van der Waals surface area contributed by atoms with E-state index in [1.165, 1.54) is 12.0 Å². The van der Waals surface area contributed by atoms with Crippen molar-refractivity contribution in [3.8, 4) is 11.5 Å². The van der Waals surface area contributed by atoms with Crippen molar-refractivity contribution < 1.29 is 19.1 Å². The summed E-state index contributed by atoms with van der Waals surface area (Å²) >= 11 is 6.30. The number of nitrogens with zero attached hydrogens (tertiary/aromatic N) is 3. The summed E-state index contributed by atoms with van der Waals surface area (Å²) in [6.07, 6.45) is 0. The number of ether oxygens (including phenoxy) is 2. The molecule has 0 atom stereocenters. The fraction of sp³-hybridized carbons (Fsp3) is 0.333. The summed E-state index contributed by atoms with van der Waals surface area (Å²) in [5.74, 6) is 0.266. The zero-order valence-corrected chi connectivity index (χ0v) is 19.2. The fourth-order valence-electron chi connectivity index (χ4n) is 4.22. The van der Waals surface area contributed by atoms with Crippen molar-refractivity contribution in [3.63, 3.8) is 0 Å². The molecule has 2 amide bonds. The van der Waals surface area contributed by atoms with E-state index in [4.69, 9.17) is 21.1 Å². The van der Waals surface area contributed by atoms with Crippen LogP contribution in [0.1, 0.15) is 12.5 Å². The Morgan fingerprint density at radius 1 is 0.906 bits per heavy atom. The number of halogens is 1. The highest BCUT2D eigenvalue weighted by atomic mass is 35.5. The van der Waals surface area contributed by atoms with Gasteiger partial charge in [-0.1, -0.05) is 36.7 Å². The topological polar surface area (TPSA) is 62.3 Å². The second kappa shape index (κ2) is 9.22.